The van der Waals surface area contributed by atoms with Gasteiger partial charge in [0.05, 0.1) is 6.54 Å². The highest BCUT2D eigenvalue weighted by Crippen LogP contribution is 2.14. The maximum Gasteiger partial charge on any atom is 0.169 e. The lowest BCUT2D eigenvalue weighted by molar-refractivity contribution is -0.106. The molecule has 0 bridgehead atoms. The summed E-state index contributed by atoms with van der Waals surface area (Å²) in [5.41, 5.74) is 1.25. The van der Waals surface area contributed by atoms with E-state index < -0.39 is 8.24 Å². The van der Waals surface area contributed by atoms with Gasteiger partial charge in [0.2, 0.25) is 0 Å². The fourth-order valence-corrected chi connectivity index (χ4v) is 2.48. The van der Waals surface area contributed by atoms with Gasteiger partial charge < -0.3 is 9.47 Å². The van der Waals surface area contributed by atoms with E-state index in [0.29, 0.717) is 6.42 Å². The SMILES string of the molecule is C[Si](C)(C)N(Cc1ccccc1)N=CCC=O. The molecular formula is C13H20N2OSi. The summed E-state index contributed by atoms with van der Waals surface area (Å²) in [6, 6.07) is 10.3. The number of hydrogen-bond donors (Lipinski definition) is 0. The zero-order valence-corrected chi connectivity index (χ0v) is 11.8. The van der Waals surface area contributed by atoms with Crippen LogP contribution in [0.2, 0.25) is 19.6 Å². The van der Waals surface area contributed by atoms with Gasteiger partial charge in [-0.15, -0.1) is 0 Å². The van der Waals surface area contributed by atoms with Crippen molar-refractivity contribution in [1.29, 1.82) is 0 Å². The molecule has 4 heteroatoms. The van der Waals surface area contributed by atoms with Gasteiger partial charge in [-0.3, -0.25) is 0 Å². The Balaban J connectivity index is 2.74. The minimum absolute atomic E-state index is 0.385. The fraction of sp³-hybridized carbons (Fsp3) is 0.385. The predicted molar refractivity (Wildman–Crippen MR) is 74.5 cm³/mol. The molecule has 1 rings (SSSR count). The second kappa shape index (κ2) is 6.35. The second-order valence-corrected chi connectivity index (χ2v) is 9.77. The Morgan fingerprint density at radius 1 is 1.24 bits per heavy atom. The first-order chi connectivity index (χ1) is 8.04. The molecule has 0 aliphatic carbocycles. The summed E-state index contributed by atoms with van der Waals surface area (Å²) < 4.78 is 2.13. The molecule has 3 nitrogen and oxygen atoms in total. The van der Waals surface area contributed by atoms with Crippen LogP contribution in [0.4, 0.5) is 0 Å². The van der Waals surface area contributed by atoms with E-state index in [4.69, 9.17) is 0 Å². The molecule has 1 aromatic rings. The van der Waals surface area contributed by atoms with Crippen molar-refractivity contribution >= 4 is 20.7 Å². The molecule has 0 aliphatic rings. The summed E-state index contributed by atoms with van der Waals surface area (Å²) in [6.07, 6.45) is 2.94. The molecule has 0 fully saturated rings. The molecule has 0 unspecified atom stereocenters. The number of carbonyl (C=O) groups excluding carboxylic acids is 1. The first-order valence-corrected chi connectivity index (χ1v) is 9.26. The van der Waals surface area contributed by atoms with E-state index >= 15 is 0 Å². The van der Waals surface area contributed by atoms with Gasteiger partial charge in [0.25, 0.3) is 0 Å². The van der Waals surface area contributed by atoms with Crippen molar-refractivity contribution in [2.45, 2.75) is 32.6 Å². The van der Waals surface area contributed by atoms with E-state index in [1.165, 1.54) is 5.56 Å². The highest BCUT2D eigenvalue weighted by molar-refractivity contribution is 6.73. The Morgan fingerprint density at radius 2 is 1.88 bits per heavy atom. The van der Waals surface area contributed by atoms with Crippen molar-refractivity contribution < 1.29 is 4.79 Å². The summed E-state index contributed by atoms with van der Waals surface area (Å²) in [5, 5.41) is 4.42. The Bertz CT molecular complexity index is 371. The Labute approximate surface area is 104 Å². The molecule has 17 heavy (non-hydrogen) atoms. The monoisotopic (exact) mass is 248 g/mol. The number of hydrogen-bond acceptors (Lipinski definition) is 3. The van der Waals surface area contributed by atoms with Crippen molar-refractivity contribution in [2.75, 3.05) is 0 Å². The van der Waals surface area contributed by atoms with Crippen LogP contribution in [0, 0.1) is 0 Å². The first kappa shape index (κ1) is 13.6. The van der Waals surface area contributed by atoms with E-state index in [2.05, 4.69) is 41.5 Å². The van der Waals surface area contributed by atoms with Crippen LogP contribution in [-0.4, -0.2) is 25.4 Å². The number of aldehydes is 1. The van der Waals surface area contributed by atoms with E-state index in [0.717, 1.165) is 12.8 Å². The molecule has 0 atom stereocenters. The van der Waals surface area contributed by atoms with Gasteiger partial charge in [-0.1, -0.05) is 50.0 Å². The van der Waals surface area contributed by atoms with Crippen LogP contribution in [0.25, 0.3) is 0 Å². The minimum Gasteiger partial charge on any atom is -0.321 e. The quantitative estimate of drug-likeness (QED) is 0.335. The predicted octanol–water partition coefficient (Wildman–Crippen LogP) is 2.90. The average molecular weight is 248 g/mol. The number of hydrazone groups is 1. The third-order valence-electron chi connectivity index (χ3n) is 2.37. The molecule has 0 N–H and O–H groups in total. The van der Waals surface area contributed by atoms with Crippen LogP contribution in [-0.2, 0) is 11.3 Å². The van der Waals surface area contributed by atoms with E-state index in [1.54, 1.807) is 6.21 Å². The van der Waals surface area contributed by atoms with Gasteiger partial charge >= 0.3 is 0 Å². The van der Waals surface area contributed by atoms with Crippen LogP contribution in [0.1, 0.15) is 12.0 Å². The third kappa shape index (κ3) is 4.95. The molecule has 0 aliphatic heterocycles. The Morgan fingerprint density at radius 3 is 2.41 bits per heavy atom. The average Bonchev–Trinajstić information content (AvgIpc) is 2.28. The molecule has 0 spiro atoms. The van der Waals surface area contributed by atoms with Gasteiger partial charge in [-0.05, 0) is 5.56 Å². The number of nitrogens with zero attached hydrogens (tertiary/aromatic N) is 2. The summed E-state index contributed by atoms with van der Waals surface area (Å²) in [7, 11) is -1.50. The molecule has 0 amide bonds. The zero-order chi connectivity index (χ0) is 12.7. The smallest absolute Gasteiger partial charge is 0.169 e. The Hall–Kier alpha value is -1.42. The van der Waals surface area contributed by atoms with Crippen molar-refractivity contribution in [3.05, 3.63) is 35.9 Å². The minimum atomic E-state index is -1.50. The van der Waals surface area contributed by atoms with Crippen molar-refractivity contribution in [3.63, 3.8) is 0 Å². The standard InChI is InChI=1S/C13H20N2OSi/c1-17(2,3)15(14-10-7-11-16)12-13-8-5-4-6-9-13/h4-6,8-11H,7,12H2,1-3H3. The van der Waals surface area contributed by atoms with Gasteiger partial charge in [0, 0.05) is 12.6 Å². The van der Waals surface area contributed by atoms with Crippen LogP contribution in [0.5, 0.6) is 0 Å². The fourth-order valence-electron chi connectivity index (χ4n) is 1.40. The summed E-state index contributed by atoms with van der Waals surface area (Å²) >= 11 is 0. The number of benzene rings is 1. The van der Waals surface area contributed by atoms with E-state index in [1.807, 2.05) is 18.2 Å². The van der Waals surface area contributed by atoms with Gasteiger partial charge in [-0.25, -0.2) is 0 Å². The molecule has 0 aromatic heterocycles. The lowest BCUT2D eigenvalue weighted by Crippen LogP contribution is -2.41. The maximum atomic E-state index is 10.3. The van der Waals surface area contributed by atoms with Gasteiger partial charge in [0.1, 0.15) is 6.29 Å². The first-order valence-electron chi connectivity index (χ1n) is 5.81. The highest BCUT2D eigenvalue weighted by Gasteiger charge is 2.22. The van der Waals surface area contributed by atoms with Crippen LogP contribution >= 0.6 is 0 Å². The lowest BCUT2D eigenvalue weighted by Gasteiger charge is -2.31. The molecule has 0 saturated heterocycles. The molecule has 0 heterocycles. The van der Waals surface area contributed by atoms with E-state index in [-0.39, 0.29) is 0 Å². The molecule has 1 aromatic carbocycles. The topological polar surface area (TPSA) is 32.7 Å². The summed E-state index contributed by atoms with van der Waals surface area (Å²) in [4.78, 5) is 10.3. The maximum absolute atomic E-state index is 10.3. The van der Waals surface area contributed by atoms with Crippen molar-refractivity contribution in [3.8, 4) is 0 Å². The normalized spacial score (nSPS) is 11.7. The largest absolute Gasteiger partial charge is 0.321 e. The van der Waals surface area contributed by atoms with Crippen LogP contribution in [0.15, 0.2) is 35.4 Å². The summed E-state index contributed by atoms with van der Waals surface area (Å²) in [6.45, 7) is 7.54. The lowest BCUT2D eigenvalue weighted by atomic mass is 10.2. The third-order valence-corrected chi connectivity index (χ3v) is 4.19. The van der Waals surface area contributed by atoms with Crippen LogP contribution in [0.3, 0.4) is 0 Å². The van der Waals surface area contributed by atoms with Gasteiger partial charge in [-0.2, -0.15) is 5.10 Å². The molecule has 92 valence electrons. The number of rotatable bonds is 6. The van der Waals surface area contributed by atoms with Crippen molar-refractivity contribution in [2.24, 2.45) is 5.10 Å². The molecular weight excluding hydrogens is 228 g/mol. The molecule has 0 radical (unpaired) electrons. The second-order valence-electron chi connectivity index (χ2n) is 4.91. The van der Waals surface area contributed by atoms with E-state index in [9.17, 15) is 4.79 Å². The summed E-state index contributed by atoms with van der Waals surface area (Å²) in [5.74, 6) is 0. The number of carbonyl (C=O) groups is 1. The Kier molecular flexibility index (Phi) is 5.09. The van der Waals surface area contributed by atoms with Crippen molar-refractivity contribution in [1.82, 2.24) is 4.67 Å². The highest BCUT2D eigenvalue weighted by atomic mass is 28.3. The zero-order valence-electron chi connectivity index (χ0n) is 10.8. The van der Waals surface area contributed by atoms with Gasteiger partial charge in [0.15, 0.2) is 8.24 Å². The molecule has 0 saturated carbocycles. The van der Waals surface area contributed by atoms with Crippen LogP contribution < -0.4 is 0 Å².